The second kappa shape index (κ2) is 6.25. The van der Waals surface area contributed by atoms with E-state index in [0.29, 0.717) is 11.3 Å². The Kier molecular flexibility index (Phi) is 4.66. The van der Waals surface area contributed by atoms with Gasteiger partial charge >= 0.3 is 0 Å². The zero-order valence-corrected chi connectivity index (χ0v) is 12.2. The van der Waals surface area contributed by atoms with Crippen molar-refractivity contribution in [3.63, 3.8) is 0 Å². The number of hydrogen-bond acceptors (Lipinski definition) is 2. The number of rotatable bonds is 4. The molecule has 0 saturated carbocycles. The molecule has 0 aliphatic rings. The van der Waals surface area contributed by atoms with Crippen LogP contribution in [0.3, 0.4) is 0 Å². The van der Waals surface area contributed by atoms with Gasteiger partial charge in [-0.25, -0.2) is 4.39 Å². The van der Waals surface area contributed by atoms with Crippen LogP contribution < -0.4 is 4.74 Å². The Morgan fingerprint density at radius 2 is 2.00 bits per heavy atom. The lowest BCUT2D eigenvalue weighted by Crippen LogP contribution is -1.89. The molecule has 2 aromatic carbocycles. The average molecular weight is 327 g/mol. The zero-order valence-electron chi connectivity index (χ0n) is 9.82. The summed E-state index contributed by atoms with van der Waals surface area (Å²) in [4.78, 5) is 1.02. The Labute approximate surface area is 118 Å². The van der Waals surface area contributed by atoms with Gasteiger partial charge in [0.25, 0.3) is 0 Å². The van der Waals surface area contributed by atoms with Crippen LogP contribution in [0.25, 0.3) is 0 Å². The Bertz CT molecular complexity index is 545. The van der Waals surface area contributed by atoms with Crippen LogP contribution in [-0.2, 0) is 5.75 Å². The molecule has 0 atom stereocenters. The van der Waals surface area contributed by atoms with Crippen LogP contribution in [0.4, 0.5) is 4.39 Å². The molecular weight excluding hydrogens is 315 g/mol. The summed E-state index contributed by atoms with van der Waals surface area (Å²) in [5.41, 5.74) is 0.689. The van der Waals surface area contributed by atoms with Crippen LogP contribution in [0.2, 0.25) is 0 Å². The van der Waals surface area contributed by atoms with Gasteiger partial charge in [-0.1, -0.05) is 34.1 Å². The summed E-state index contributed by atoms with van der Waals surface area (Å²) in [6, 6.07) is 12.9. The van der Waals surface area contributed by atoms with Crippen molar-refractivity contribution in [3.8, 4) is 5.75 Å². The van der Waals surface area contributed by atoms with Gasteiger partial charge < -0.3 is 4.74 Å². The van der Waals surface area contributed by atoms with Crippen molar-refractivity contribution >= 4 is 27.7 Å². The summed E-state index contributed by atoms with van der Waals surface area (Å²) in [5.74, 6) is 1.21. The van der Waals surface area contributed by atoms with Gasteiger partial charge in [0.05, 0.1) is 7.11 Å². The molecule has 1 nitrogen and oxygen atoms in total. The molecule has 4 heteroatoms. The summed E-state index contributed by atoms with van der Waals surface area (Å²) < 4.78 is 19.7. The molecule has 0 saturated heterocycles. The maximum atomic E-state index is 13.7. The predicted octanol–water partition coefficient (Wildman–Crippen LogP) is 4.89. The number of halogens is 2. The third kappa shape index (κ3) is 3.27. The van der Waals surface area contributed by atoms with Gasteiger partial charge in [-0.15, -0.1) is 11.8 Å². The molecule has 0 unspecified atom stereocenters. The van der Waals surface area contributed by atoms with Gasteiger partial charge in [0.1, 0.15) is 11.6 Å². The van der Waals surface area contributed by atoms with Gasteiger partial charge in [0.15, 0.2) is 0 Å². The van der Waals surface area contributed by atoms with Crippen LogP contribution in [0.5, 0.6) is 5.75 Å². The summed E-state index contributed by atoms with van der Waals surface area (Å²) in [7, 11) is 1.64. The smallest absolute Gasteiger partial charge is 0.132 e. The van der Waals surface area contributed by atoms with Gasteiger partial charge in [-0.2, -0.15) is 0 Å². The summed E-state index contributed by atoms with van der Waals surface area (Å²) >= 11 is 4.81. The monoisotopic (exact) mass is 326 g/mol. The highest BCUT2D eigenvalue weighted by molar-refractivity contribution is 9.10. The first-order valence-electron chi connectivity index (χ1n) is 5.40. The summed E-state index contributed by atoms with van der Waals surface area (Å²) in [6.45, 7) is 0. The van der Waals surface area contributed by atoms with Gasteiger partial charge in [0.2, 0.25) is 0 Å². The first-order valence-corrected chi connectivity index (χ1v) is 7.18. The normalized spacial score (nSPS) is 10.4. The molecule has 2 rings (SSSR count). The third-order valence-electron chi connectivity index (χ3n) is 2.47. The van der Waals surface area contributed by atoms with Crippen LogP contribution >= 0.6 is 27.7 Å². The lowest BCUT2D eigenvalue weighted by Gasteiger charge is -2.08. The number of benzene rings is 2. The van der Waals surface area contributed by atoms with E-state index in [2.05, 4.69) is 15.9 Å². The molecule has 0 amide bonds. The van der Waals surface area contributed by atoms with E-state index in [1.165, 1.54) is 6.07 Å². The maximum absolute atomic E-state index is 13.7. The van der Waals surface area contributed by atoms with E-state index in [9.17, 15) is 4.39 Å². The number of ether oxygens (including phenoxy) is 1. The molecule has 2 aromatic rings. The Hall–Kier alpha value is -1.00. The number of methoxy groups -OCH3 is 1. The first kappa shape index (κ1) is 13.4. The third-order valence-corrected chi connectivity index (χ3v) is 4.06. The Morgan fingerprint density at radius 3 is 2.72 bits per heavy atom. The molecule has 0 aliphatic heterocycles. The van der Waals surface area contributed by atoms with Gasteiger partial charge in [0, 0.05) is 15.1 Å². The second-order valence-electron chi connectivity index (χ2n) is 3.68. The molecule has 0 fully saturated rings. The highest BCUT2D eigenvalue weighted by Crippen LogP contribution is 2.32. The fraction of sp³-hybridized carbons (Fsp3) is 0.143. The molecular formula is C14H12BrFOS. The lowest BCUT2D eigenvalue weighted by molar-refractivity contribution is 0.405. The highest BCUT2D eigenvalue weighted by atomic mass is 79.9. The largest absolute Gasteiger partial charge is 0.496 e. The molecule has 0 bridgehead atoms. The predicted molar refractivity (Wildman–Crippen MR) is 76.7 cm³/mol. The van der Waals surface area contributed by atoms with Crippen molar-refractivity contribution in [2.45, 2.75) is 10.6 Å². The van der Waals surface area contributed by atoms with E-state index in [0.717, 1.165) is 15.1 Å². The number of thioether (sulfide) groups is 1. The molecule has 0 heterocycles. The van der Waals surface area contributed by atoms with Crippen LogP contribution in [0.1, 0.15) is 5.56 Å². The summed E-state index contributed by atoms with van der Waals surface area (Å²) in [5, 5.41) is 0. The van der Waals surface area contributed by atoms with Crippen LogP contribution in [0.15, 0.2) is 51.8 Å². The maximum Gasteiger partial charge on any atom is 0.132 e. The first-order chi connectivity index (χ1) is 8.70. The van der Waals surface area contributed by atoms with Gasteiger partial charge in [-0.05, 0) is 29.8 Å². The Balaban J connectivity index is 2.11. The molecule has 94 valence electrons. The van der Waals surface area contributed by atoms with E-state index < -0.39 is 0 Å². The minimum absolute atomic E-state index is 0.188. The number of para-hydroxylation sites is 1. The molecule has 0 N–H and O–H groups in total. The van der Waals surface area contributed by atoms with Crippen LogP contribution in [-0.4, -0.2) is 7.11 Å². The van der Waals surface area contributed by atoms with Crippen molar-refractivity contribution in [1.29, 1.82) is 0 Å². The highest BCUT2D eigenvalue weighted by Gasteiger charge is 2.06. The second-order valence-corrected chi connectivity index (χ2v) is 5.61. The van der Waals surface area contributed by atoms with Crippen molar-refractivity contribution in [1.82, 2.24) is 0 Å². The van der Waals surface area contributed by atoms with Crippen LogP contribution in [0, 0.1) is 5.82 Å². The molecule has 18 heavy (non-hydrogen) atoms. The van der Waals surface area contributed by atoms with Crippen molar-refractivity contribution < 1.29 is 9.13 Å². The molecule has 0 radical (unpaired) electrons. The molecule has 0 aromatic heterocycles. The SMILES string of the molecule is COc1ccccc1SCc1ccc(Br)cc1F. The van der Waals surface area contributed by atoms with E-state index in [1.54, 1.807) is 24.9 Å². The molecule has 0 spiro atoms. The van der Waals surface area contributed by atoms with Gasteiger partial charge in [-0.3, -0.25) is 0 Å². The van der Waals surface area contributed by atoms with E-state index in [4.69, 9.17) is 4.74 Å². The fourth-order valence-electron chi connectivity index (χ4n) is 1.53. The standard InChI is InChI=1S/C14H12BrFOS/c1-17-13-4-2-3-5-14(13)18-9-10-6-7-11(15)8-12(10)16/h2-8H,9H2,1H3. The lowest BCUT2D eigenvalue weighted by atomic mass is 10.2. The summed E-state index contributed by atoms with van der Waals surface area (Å²) in [6.07, 6.45) is 0. The van der Waals surface area contributed by atoms with Crippen molar-refractivity contribution in [2.24, 2.45) is 0 Å². The fourth-order valence-corrected chi connectivity index (χ4v) is 2.88. The van der Waals surface area contributed by atoms with Crippen molar-refractivity contribution in [3.05, 3.63) is 58.3 Å². The minimum Gasteiger partial charge on any atom is -0.496 e. The topological polar surface area (TPSA) is 9.23 Å². The minimum atomic E-state index is -0.188. The number of hydrogen-bond donors (Lipinski definition) is 0. The average Bonchev–Trinajstić information content (AvgIpc) is 2.38. The van der Waals surface area contributed by atoms with Crippen molar-refractivity contribution in [2.75, 3.05) is 7.11 Å². The molecule has 0 aliphatic carbocycles. The van der Waals surface area contributed by atoms with E-state index in [-0.39, 0.29) is 5.82 Å². The Morgan fingerprint density at radius 1 is 1.22 bits per heavy atom. The zero-order chi connectivity index (χ0) is 13.0. The van der Waals surface area contributed by atoms with E-state index >= 15 is 0 Å². The van der Waals surface area contributed by atoms with E-state index in [1.807, 2.05) is 30.3 Å². The quantitative estimate of drug-likeness (QED) is 0.740.